The minimum atomic E-state index is -0.208. The highest BCUT2D eigenvalue weighted by Gasteiger charge is 2.23. The van der Waals surface area contributed by atoms with Crippen molar-refractivity contribution in [2.75, 3.05) is 0 Å². The fraction of sp³-hybridized carbons (Fsp3) is 0. The summed E-state index contributed by atoms with van der Waals surface area (Å²) < 4.78 is 1.20. The van der Waals surface area contributed by atoms with Gasteiger partial charge in [0.25, 0.3) is 0 Å². The molecule has 0 radical (unpaired) electrons. The molecule has 138 valence electrons. The number of pyridine rings is 1. The van der Waals surface area contributed by atoms with Crippen molar-refractivity contribution in [2.45, 2.75) is 0 Å². The predicted molar refractivity (Wildman–Crippen MR) is 105 cm³/mol. The Morgan fingerprint density at radius 3 is 2.07 bits per heavy atom. The molecule has 0 fully saturated rings. The van der Waals surface area contributed by atoms with Crippen LogP contribution in [-0.2, 0) is 0 Å². The van der Waals surface area contributed by atoms with E-state index >= 15 is 0 Å². The molecule has 0 amide bonds. The molecule has 2 aliphatic rings. The standard InChI is InChI=1S/C21H12N6O2/c22-10-11-9-14-18(26-17(11)23)24-15-7-3-4-8-16(15)25-19(14)27-20(28)12-5-1-2-6-13(12)21(27)29/h1-9,23,28-29H. The van der Waals surface area contributed by atoms with Crippen molar-refractivity contribution in [1.29, 1.82) is 10.7 Å². The number of para-hydroxylation sites is 2. The van der Waals surface area contributed by atoms with E-state index in [2.05, 4.69) is 15.0 Å². The molecule has 5 rings (SSSR count). The Morgan fingerprint density at radius 1 is 0.862 bits per heavy atom. The van der Waals surface area contributed by atoms with Crippen molar-refractivity contribution in [2.24, 2.45) is 0 Å². The maximum atomic E-state index is 10.8. The minimum absolute atomic E-state index is 0.0355. The van der Waals surface area contributed by atoms with Crippen LogP contribution in [0, 0.1) is 16.7 Å². The Labute approximate surface area is 163 Å². The smallest absolute Gasteiger partial charge is 0.208 e. The van der Waals surface area contributed by atoms with E-state index in [0.29, 0.717) is 27.4 Å². The quantitative estimate of drug-likeness (QED) is 0.410. The summed E-state index contributed by atoms with van der Waals surface area (Å²) >= 11 is 0. The Bertz CT molecular complexity index is 1480. The number of nitrogens with zero attached hydrogens (tertiary/aromatic N) is 5. The molecule has 0 bridgehead atoms. The van der Waals surface area contributed by atoms with Crippen LogP contribution in [0.3, 0.4) is 0 Å². The average molecular weight is 380 g/mol. The van der Waals surface area contributed by atoms with Crippen LogP contribution in [-0.4, -0.2) is 29.7 Å². The molecule has 0 aliphatic carbocycles. The lowest BCUT2D eigenvalue weighted by Gasteiger charge is -2.09. The van der Waals surface area contributed by atoms with E-state index in [-0.39, 0.29) is 34.5 Å². The minimum Gasteiger partial charge on any atom is -0.494 e. The van der Waals surface area contributed by atoms with Gasteiger partial charge in [0, 0.05) is 10.8 Å². The van der Waals surface area contributed by atoms with Crippen LogP contribution >= 0.6 is 0 Å². The SMILES string of the molecule is N#Cc1cc2c(-n3c(O)c4ccccc4c3O)nc3ccccc3nc-2nc1=N. The van der Waals surface area contributed by atoms with Crippen molar-refractivity contribution in [1.82, 2.24) is 19.5 Å². The van der Waals surface area contributed by atoms with Crippen molar-refractivity contribution in [3.8, 4) is 35.0 Å². The van der Waals surface area contributed by atoms with Gasteiger partial charge in [0.05, 0.1) is 22.2 Å². The van der Waals surface area contributed by atoms with Gasteiger partial charge in [-0.1, -0.05) is 24.3 Å². The van der Waals surface area contributed by atoms with Crippen molar-refractivity contribution >= 4 is 21.8 Å². The lowest BCUT2D eigenvalue weighted by atomic mass is 10.1. The average Bonchev–Trinajstić information content (AvgIpc) is 2.89. The van der Waals surface area contributed by atoms with Crippen LogP contribution in [0.4, 0.5) is 0 Å². The van der Waals surface area contributed by atoms with Crippen LogP contribution in [0.1, 0.15) is 5.56 Å². The maximum Gasteiger partial charge on any atom is 0.208 e. The normalized spacial score (nSPS) is 11.1. The van der Waals surface area contributed by atoms with Crippen LogP contribution in [0.2, 0.25) is 0 Å². The monoisotopic (exact) mass is 380 g/mol. The van der Waals surface area contributed by atoms with Gasteiger partial charge in [-0.3, -0.25) is 5.41 Å². The Kier molecular flexibility index (Phi) is 3.45. The van der Waals surface area contributed by atoms with E-state index in [1.165, 1.54) is 10.6 Å². The van der Waals surface area contributed by atoms with Crippen molar-refractivity contribution in [3.63, 3.8) is 0 Å². The van der Waals surface area contributed by atoms with E-state index in [1.807, 2.05) is 6.07 Å². The van der Waals surface area contributed by atoms with Gasteiger partial charge in [-0.2, -0.15) is 5.26 Å². The highest BCUT2D eigenvalue weighted by molar-refractivity contribution is 5.94. The number of aromatic hydroxyl groups is 2. The molecule has 2 aliphatic heterocycles. The van der Waals surface area contributed by atoms with E-state index < -0.39 is 0 Å². The van der Waals surface area contributed by atoms with Crippen molar-refractivity contribution in [3.05, 3.63) is 65.6 Å². The lowest BCUT2D eigenvalue weighted by molar-refractivity contribution is 0.405. The zero-order valence-electron chi connectivity index (χ0n) is 14.8. The summed E-state index contributed by atoms with van der Waals surface area (Å²) in [7, 11) is 0. The summed E-state index contributed by atoms with van der Waals surface area (Å²) in [6.45, 7) is 0. The molecule has 3 aromatic rings. The summed E-state index contributed by atoms with van der Waals surface area (Å²) in [6.07, 6.45) is 0. The zero-order valence-corrected chi connectivity index (χ0v) is 14.8. The Hall–Kier alpha value is -4.51. The second-order valence-corrected chi connectivity index (χ2v) is 6.43. The van der Waals surface area contributed by atoms with E-state index in [0.717, 1.165) is 0 Å². The fourth-order valence-electron chi connectivity index (χ4n) is 3.37. The lowest BCUT2D eigenvalue weighted by Crippen LogP contribution is -2.13. The second kappa shape index (κ2) is 6.00. The third-order valence-corrected chi connectivity index (χ3v) is 4.74. The molecule has 0 unspecified atom stereocenters. The largest absolute Gasteiger partial charge is 0.494 e. The molecule has 0 saturated carbocycles. The van der Waals surface area contributed by atoms with Crippen LogP contribution in [0.15, 0.2) is 54.6 Å². The number of rotatable bonds is 1. The number of fused-ring (bicyclic) bond motifs is 3. The molecule has 0 atom stereocenters. The van der Waals surface area contributed by atoms with Gasteiger partial charge >= 0.3 is 0 Å². The number of aromatic nitrogens is 4. The highest BCUT2D eigenvalue weighted by atomic mass is 16.3. The molecular weight excluding hydrogens is 368 g/mol. The number of hydrogen-bond acceptors (Lipinski definition) is 7. The van der Waals surface area contributed by atoms with E-state index in [9.17, 15) is 15.5 Å². The number of nitrogens with one attached hydrogen (secondary N) is 1. The highest BCUT2D eigenvalue weighted by Crippen LogP contribution is 2.40. The molecule has 0 spiro atoms. The van der Waals surface area contributed by atoms with Gasteiger partial charge in [0.1, 0.15) is 6.07 Å². The maximum absolute atomic E-state index is 10.8. The molecule has 8 heteroatoms. The van der Waals surface area contributed by atoms with Gasteiger partial charge in [-0.05, 0) is 30.3 Å². The zero-order chi connectivity index (χ0) is 20.1. The van der Waals surface area contributed by atoms with Gasteiger partial charge in [0.2, 0.25) is 11.8 Å². The second-order valence-electron chi connectivity index (χ2n) is 6.43. The Balaban J connectivity index is 2.02. The molecule has 0 saturated heterocycles. The summed E-state index contributed by atoms with van der Waals surface area (Å²) in [6, 6.07) is 17.3. The summed E-state index contributed by atoms with van der Waals surface area (Å²) in [5.41, 5.74) is 1.17. The third-order valence-electron chi connectivity index (χ3n) is 4.74. The number of benzene rings is 2. The molecule has 3 heterocycles. The molecule has 3 N–H and O–H groups in total. The fourth-order valence-corrected chi connectivity index (χ4v) is 3.37. The summed E-state index contributed by atoms with van der Waals surface area (Å²) in [5, 5.41) is 39.9. The number of hydrogen-bond donors (Lipinski definition) is 3. The molecular formula is C21H12N6O2. The first-order chi connectivity index (χ1) is 14.1. The number of nitriles is 1. The molecule has 29 heavy (non-hydrogen) atoms. The van der Waals surface area contributed by atoms with E-state index in [1.54, 1.807) is 48.5 Å². The van der Waals surface area contributed by atoms with E-state index in [4.69, 9.17) is 5.41 Å². The first kappa shape index (κ1) is 16.6. The van der Waals surface area contributed by atoms with Crippen LogP contribution < -0.4 is 5.49 Å². The molecule has 2 aromatic carbocycles. The predicted octanol–water partition coefficient (Wildman–Crippen LogP) is 2.84. The van der Waals surface area contributed by atoms with Crippen LogP contribution in [0.5, 0.6) is 11.8 Å². The van der Waals surface area contributed by atoms with Gasteiger partial charge in [-0.15, -0.1) is 0 Å². The first-order valence-corrected chi connectivity index (χ1v) is 8.67. The van der Waals surface area contributed by atoms with Gasteiger partial charge in [0.15, 0.2) is 17.1 Å². The van der Waals surface area contributed by atoms with Gasteiger partial charge in [-0.25, -0.2) is 19.5 Å². The first-order valence-electron chi connectivity index (χ1n) is 8.67. The van der Waals surface area contributed by atoms with Crippen molar-refractivity contribution < 1.29 is 10.2 Å². The third kappa shape index (κ3) is 2.38. The molecule has 8 nitrogen and oxygen atoms in total. The Morgan fingerprint density at radius 2 is 1.45 bits per heavy atom. The molecule has 1 aromatic heterocycles. The summed E-state index contributed by atoms with van der Waals surface area (Å²) in [5.74, 6) is -0.0653. The topological polar surface area (TPSA) is 132 Å². The van der Waals surface area contributed by atoms with Crippen LogP contribution in [0.25, 0.3) is 39.0 Å². The summed E-state index contributed by atoms with van der Waals surface area (Å²) in [4.78, 5) is 13.3. The van der Waals surface area contributed by atoms with Gasteiger partial charge < -0.3 is 10.2 Å².